The summed E-state index contributed by atoms with van der Waals surface area (Å²) in [5, 5.41) is 19.3. The molecule has 0 heterocycles. The van der Waals surface area contributed by atoms with E-state index < -0.39 is 0 Å². The lowest BCUT2D eigenvalue weighted by molar-refractivity contribution is 0.349. The van der Waals surface area contributed by atoms with Gasteiger partial charge in [0.15, 0.2) is 0 Å². The molecule has 0 fully saturated rings. The molecule has 0 aliphatic rings. The molecule has 0 aliphatic heterocycles. The molecule has 0 aromatic heterocycles. The van der Waals surface area contributed by atoms with Crippen LogP contribution in [0.25, 0.3) is 23.3 Å². The molecule has 0 bridgehead atoms. The molecule has 4 heteroatoms. The molecular weight excluding hydrogens is 468 g/mol. The van der Waals surface area contributed by atoms with Crippen LogP contribution in [-0.4, -0.2) is 13.2 Å². The van der Waals surface area contributed by atoms with Gasteiger partial charge in [0, 0.05) is 11.1 Å². The molecule has 4 aromatic rings. The first-order valence-corrected chi connectivity index (χ1v) is 12.2. The van der Waals surface area contributed by atoms with Crippen LogP contribution in [0, 0.1) is 22.7 Å². The van der Waals surface area contributed by atoms with Crippen molar-refractivity contribution in [2.45, 2.75) is 0 Å². The van der Waals surface area contributed by atoms with Crippen molar-refractivity contribution in [1.29, 1.82) is 10.5 Å². The maximum atomic E-state index is 9.64. The molecule has 0 saturated carbocycles. The van der Waals surface area contributed by atoms with Crippen molar-refractivity contribution >= 4 is 23.3 Å². The number of nitrogens with zero attached hydrogens (tertiary/aromatic N) is 2. The molecule has 0 spiro atoms. The lowest BCUT2D eigenvalue weighted by atomic mass is 10.0. The molecule has 0 radical (unpaired) electrons. The SMILES string of the molecule is N#C/C(=C\c1ccccc1OC/C=C/COc1ccccc1/C=C(\C#N)c1ccccc1)c1ccccc1. The number of ether oxygens (including phenoxy) is 2. The highest BCUT2D eigenvalue weighted by molar-refractivity contribution is 5.91. The number of rotatable bonds is 10. The van der Waals surface area contributed by atoms with Crippen LogP contribution in [0.3, 0.4) is 0 Å². The lowest BCUT2D eigenvalue weighted by Gasteiger charge is -2.09. The Morgan fingerprint density at radius 3 is 1.29 bits per heavy atom. The van der Waals surface area contributed by atoms with E-state index in [4.69, 9.17) is 9.47 Å². The second kappa shape index (κ2) is 13.7. The van der Waals surface area contributed by atoms with E-state index >= 15 is 0 Å². The van der Waals surface area contributed by atoms with Crippen molar-refractivity contribution in [3.8, 4) is 23.6 Å². The highest BCUT2D eigenvalue weighted by Crippen LogP contribution is 2.26. The topological polar surface area (TPSA) is 66.0 Å². The van der Waals surface area contributed by atoms with Crippen LogP contribution in [0.5, 0.6) is 11.5 Å². The molecule has 38 heavy (non-hydrogen) atoms. The monoisotopic (exact) mass is 494 g/mol. The molecule has 4 nitrogen and oxygen atoms in total. The average molecular weight is 495 g/mol. The lowest BCUT2D eigenvalue weighted by Crippen LogP contribution is -1.99. The van der Waals surface area contributed by atoms with E-state index in [9.17, 15) is 10.5 Å². The van der Waals surface area contributed by atoms with Gasteiger partial charge in [0.05, 0.1) is 23.3 Å². The minimum absolute atomic E-state index is 0.357. The van der Waals surface area contributed by atoms with Crippen molar-refractivity contribution in [1.82, 2.24) is 0 Å². The molecule has 0 N–H and O–H groups in total. The largest absolute Gasteiger partial charge is 0.489 e. The Hall–Kier alpha value is -5.32. The van der Waals surface area contributed by atoms with Gasteiger partial charge in [-0.05, 0) is 47.6 Å². The van der Waals surface area contributed by atoms with Gasteiger partial charge in [0.1, 0.15) is 24.7 Å². The molecule has 0 unspecified atom stereocenters. The van der Waals surface area contributed by atoms with Gasteiger partial charge in [-0.15, -0.1) is 0 Å². The second-order valence-corrected chi connectivity index (χ2v) is 8.24. The zero-order valence-corrected chi connectivity index (χ0v) is 20.8. The first kappa shape index (κ1) is 25.8. The Kier molecular flexibility index (Phi) is 9.28. The van der Waals surface area contributed by atoms with Crippen molar-refractivity contribution in [2.75, 3.05) is 13.2 Å². The molecule has 4 rings (SSSR count). The Labute approximate surface area is 223 Å². The first-order valence-electron chi connectivity index (χ1n) is 12.2. The van der Waals surface area contributed by atoms with E-state index in [1.54, 1.807) is 0 Å². The molecule has 0 atom stereocenters. The summed E-state index contributed by atoms with van der Waals surface area (Å²) in [6, 6.07) is 39.0. The van der Waals surface area contributed by atoms with Gasteiger partial charge in [0.2, 0.25) is 0 Å². The molecule has 184 valence electrons. The standard InChI is InChI=1S/C34H26N2O2/c35-25-31(27-13-3-1-4-14-27)23-29-17-7-9-19-33(29)37-21-11-12-22-38-34-20-10-8-18-30(34)24-32(26-36)28-15-5-2-6-16-28/h1-20,23-24H,21-22H2/b12-11+,31-23+,32-24+. The zero-order chi connectivity index (χ0) is 26.4. The van der Waals surface area contributed by atoms with Gasteiger partial charge in [-0.2, -0.15) is 10.5 Å². The van der Waals surface area contributed by atoms with Crippen LogP contribution >= 0.6 is 0 Å². The fraction of sp³-hybridized carbons (Fsp3) is 0.0588. The van der Waals surface area contributed by atoms with Crippen LogP contribution in [0.15, 0.2) is 121 Å². The van der Waals surface area contributed by atoms with Crippen LogP contribution in [0.2, 0.25) is 0 Å². The third-order valence-corrected chi connectivity index (χ3v) is 5.68. The molecule has 0 saturated heterocycles. The van der Waals surface area contributed by atoms with Gasteiger partial charge < -0.3 is 9.47 Å². The fourth-order valence-corrected chi connectivity index (χ4v) is 3.78. The maximum Gasteiger partial charge on any atom is 0.127 e. The number of hydrogen-bond donors (Lipinski definition) is 0. The summed E-state index contributed by atoms with van der Waals surface area (Å²) >= 11 is 0. The van der Waals surface area contributed by atoms with Gasteiger partial charge in [0.25, 0.3) is 0 Å². The summed E-state index contributed by atoms with van der Waals surface area (Å²) in [5.41, 5.74) is 4.55. The predicted octanol–water partition coefficient (Wildman–Crippen LogP) is 7.83. The molecular formula is C34H26N2O2. The van der Waals surface area contributed by atoms with E-state index in [1.807, 2.05) is 133 Å². The third kappa shape index (κ3) is 7.10. The second-order valence-electron chi connectivity index (χ2n) is 8.24. The van der Waals surface area contributed by atoms with Crippen LogP contribution in [0.1, 0.15) is 22.3 Å². The van der Waals surface area contributed by atoms with E-state index in [-0.39, 0.29) is 0 Å². The summed E-state index contributed by atoms with van der Waals surface area (Å²) in [7, 11) is 0. The minimum Gasteiger partial charge on any atom is -0.489 e. The number of allylic oxidation sites excluding steroid dienone is 2. The highest BCUT2D eigenvalue weighted by atomic mass is 16.5. The quantitative estimate of drug-likeness (QED) is 0.128. The Morgan fingerprint density at radius 2 is 0.895 bits per heavy atom. The van der Waals surface area contributed by atoms with E-state index in [2.05, 4.69) is 12.1 Å². The number of nitriles is 2. The van der Waals surface area contributed by atoms with Crippen molar-refractivity contribution in [3.63, 3.8) is 0 Å². The molecule has 4 aromatic carbocycles. The van der Waals surface area contributed by atoms with E-state index in [0.29, 0.717) is 35.9 Å². The van der Waals surface area contributed by atoms with Crippen molar-refractivity contribution in [2.24, 2.45) is 0 Å². The van der Waals surface area contributed by atoms with Gasteiger partial charge in [-0.1, -0.05) is 97.1 Å². The fourth-order valence-electron chi connectivity index (χ4n) is 3.78. The van der Waals surface area contributed by atoms with Crippen molar-refractivity contribution in [3.05, 3.63) is 144 Å². The van der Waals surface area contributed by atoms with E-state index in [1.165, 1.54) is 0 Å². The summed E-state index contributed by atoms with van der Waals surface area (Å²) in [4.78, 5) is 0. The smallest absolute Gasteiger partial charge is 0.127 e. The van der Waals surface area contributed by atoms with Crippen LogP contribution < -0.4 is 9.47 Å². The number of benzene rings is 4. The first-order chi connectivity index (χ1) is 18.8. The normalized spacial score (nSPS) is 11.5. The summed E-state index contributed by atoms with van der Waals surface area (Å²) in [6.07, 6.45) is 7.47. The number of hydrogen-bond acceptors (Lipinski definition) is 4. The molecule has 0 aliphatic carbocycles. The summed E-state index contributed by atoms with van der Waals surface area (Å²) < 4.78 is 11.9. The highest BCUT2D eigenvalue weighted by Gasteiger charge is 2.06. The van der Waals surface area contributed by atoms with Crippen LogP contribution in [-0.2, 0) is 0 Å². The average Bonchev–Trinajstić information content (AvgIpc) is 2.98. The van der Waals surface area contributed by atoms with Gasteiger partial charge in [-0.25, -0.2) is 0 Å². The summed E-state index contributed by atoms with van der Waals surface area (Å²) in [5.74, 6) is 1.39. The Balaban J connectivity index is 1.37. The third-order valence-electron chi connectivity index (χ3n) is 5.68. The number of para-hydroxylation sites is 2. The Bertz CT molecular complexity index is 1410. The maximum absolute atomic E-state index is 9.64. The Morgan fingerprint density at radius 1 is 0.526 bits per heavy atom. The van der Waals surface area contributed by atoms with Gasteiger partial charge >= 0.3 is 0 Å². The predicted molar refractivity (Wildman–Crippen MR) is 153 cm³/mol. The van der Waals surface area contributed by atoms with E-state index in [0.717, 1.165) is 22.3 Å². The molecule has 0 amide bonds. The van der Waals surface area contributed by atoms with Gasteiger partial charge in [-0.3, -0.25) is 0 Å². The summed E-state index contributed by atoms with van der Waals surface area (Å²) in [6.45, 7) is 0.713. The van der Waals surface area contributed by atoms with Crippen LogP contribution in [0.4, 0.5) is 0 Å². The zero-order valence-electron chi connectivity index (χ0n) is 20.8. The minimum atomic E-state index is 0.357. The van der Waals surface area contributed by atoms with Crippen molar-refractivity contribution < 1.29 is 9.47 Å².